The van der Waals surface area contributed by atoms with Gasteiger partial charge >= 0.3 is 0 Å². The molecule has 1 aliphatic rings. The van der Waals surface area contributed by atoms with Gasteiger partial charge in [0.05, 0.1) is 17.9 Å². The summed E-state index contributed by atoms with van der Waals surface area (Å²) in [7, 11) is 1.92. The number of hydrogen-bond acceptors (Lipinski definition) is 3. The maximum absolute atomic E-state index is 13.0. The predicted octanol–water partition coefficient (Wildman–Crippen LogP) is 2.76. The minimum absolute atomic E-state index is 0.0393. The number of H-pyrrole nitrogens is 1. The molecule has 1 unspecified atom stereocenters. The summed E-state index contributed by atoms with van der Waals surface area (Å²) in [4.78, 5) is 12.6. The molecule has 25 heavy (non-hydrogen) atoms. The Labute approximate surface area is 144 Å². The van der Waals surface area contributed by atoms with Gasteiger partial charge in [-0.2, -0.15) is 10.2 Å². The zero-order valence-corrected chi connectivity index (χ0v) is 13.8. The number of benzene rings is 1. The van der Waals surface area contributed by atoms with Crippen molar-refractivity contribution in [2.45, 2.75) is 25.3 Å². The van der Waals surface area contributed by atoms with Crippen LogP contribution in [-0.4, -0.2) is 25.9 Å². The Morgan fingerprint density at radius 3 is 2.96 bits per heavy atom. The Morgan fingerprint density at radius 1 is 1.36 bits per heavy atom. The molecule has 4 rings (SSSR count). The molecule has 2 aromatic heterocycles. The molecule has 1 atom stereocenters. The fourth-order valence-electron chi connectivity index (χ4n) is 3.30. The summed E-state index contributed by atoms with van der Waals surface area (Å²) in [6, 6.07) is 7.65. The summed E-state index contributed by atoms with van der Waals surface area (Å²) >= 11 is 0. The van der Waals surface area contributed by atoms with Crippen molar-refractivity contribution < 1.29 is 9.18 Å². The third kappa shape index (κ3) is 2.93. The smallest absolute Gasteiger partial charge is 0.269 e. The second-order valence-electron chi connectivity index (χ2n) is 6.26. The van der Waals surface area contributed by atoms with Crippen molar-refractivity contribution in [3.8, 4) is 11.3 Å². The van der Waals surface area contributed by atoms with Gasteiger partial charge in [-0.25, -0.2) is 4.39 Å². The van der Waals surface area contributed by atoms with Crippen molar-refractivity contribution >= 4 is 5.91 Å². The lowest BCUT2D eigenvalue weighted by molar-refractivity contribution is 0.0927. The molecular weight excluding hydrogens is 321 g/mol. The van der Waals surface area contributed by atoms with E-state index in [2.05, 4.69) is 20.6 Å². The molecular formula is C18H18FN5O. The van der Waals surface area contributed by atoms with Crippen molar-refractivity contribution in [3.05, 3.63) is 59.3 Å². The average Bonchev–Trinajstić information content (AvgIpc) is 3.24. The van der Waals surface area contributed by atoms with Crippen LogP contribution in [0.1, 0.15) is 40.6 Å². The van der Waals surface area contributed by atoms with Crippen LogP contribution in [-0.2, 0) is 13.5 Å². The number of carbonyl (C=O) groups excluding carboxylic acids is 1. The van der Waals surface area contributed by atoms with Crippen molar-refractivity contribution in [1.82, 2.24) is 25.3 Å². The Kier molecular flexibility index (Phi) is 3.83. The topological polar surface area (TPSA) is 75.6 Å². The molecule has 0 saturated carbocycles. The zero-order valence-electron chi connectivity index (χ0n) is 13.8. The van der Waals surface area contributed by atoms with Gasteiger partial charge in [-0.15, -0.1) is 0 Å². The molecule has 0 aliphatic heterocycles. The van der Waals surface area contributed by atoms with Gasteiger partial charge in [-0.1, -0.05) is 0 Å². The highest BCUT2D eigenvalue weighted by molar-refractivity contribution is 5.93. The highest BCUT2D eigenvalue weighted by atomic mass is 19.1. The first-order chi connectivity index (χ1) is 12.1. The van der Waals surface area contributed by atoms with E-state index in [1.807, 2.05) is 17.9 Å². The minimum Gasteiger partial charge on any atom is -0.344 e. The molecule has 2 N–H and O–H groups in total. The van der Waals surface area contributed by atoms with Gasteiger partial charge < -0.3 is 5.32 Å². The first-order valence-electron chi connectivity index (χ1n) is 8.25. The van der Waals surface area contributed by atoms with Gasteiger partial charge in [0.1, 0.15) is 11.5 Å². The molecule has 3 aromatic rings. The van der Waals surface area contributed by atoms with Crippen molar-refractivity contribution in [2.75, 3.05) is 0 Å². The summed E-state index contributed by atoms with van der Waals surface area (Å²) in [5.74, 6) is -0.510. The van der Waals surface area contributed by atoms with Crippen LogP contribution in [0.4, 0.5) is 4.39 Å². The molecule has 7 heteroatoms. The predicted molar refractivity (Wildman–Crippen MR) is 90.3 cm³/mol. The van der Waals surface area contributed by atoms with Gasteiger partial charge in [-0.3, -0.25) is 14.6 Å². The van der Waals surface area contributed by atoms with Crippen molar-refractivity contribution in [3.63, 3.8) is 0 Å². The van der Waals surface area contributed by atoms with Gasteiger partial charge in [-0.05, 0) is 49.6 Å². The van der Waals surface area contributed by atoms with E-state index >= 15 is 0 Å². The summed E-state index contributed by atoms with van der Waals surface area (Å²) < 4.78 is 14.9. The summed E-state index contributed by atoms with van der Waals surface area (Å²) in [5, 5.41) is 14.3. The Hall–Kier alpha value is -2.96. The highest BCUT2D eigenvalue weighted by Gasteiger charge is 2.25. The third-order valence-corrected chi connectivity index (χ3v) is 4.64. The normalized spacial score (nSPS) is 16.5. The van der Waals surface area contributed by atoms with Crippen LogP contribution in [0.3, 0.4) is 0 Å². The lowest BCUT2D eigenvalue weighted by Crippen LogP contribution is -2.31. The molecule has 1 aliphatic carbocycles. The number of aromatic nitrogens is 4. The quantitative estimate of drug-likeness (QED) is 0.770. The molecule has 0 spiro atoms. The number of hydrogen-bond donors (Lipinski definition) is 2. The SMILES string of the molecule is Cn1ncc2c1CCCC2NC(=O)c1cc(-c2ccc(F)cc2)n[nH]1. The number of amides is 1. The zero-order chi connectivity index (χ0) is 17.4. The molecule has 6 nitrogen and oxygen atoms in total. The molecule has 0 fully saturated rings. The number of rotatable bonds is 3. The number of aromatic amines is 1. The molecule has 2 heterocycles. The maximum Gasteiger partial charge on any atom is 0.269 e. The number of carbonyl (C=O) groups is 1. The fraction of sp³-hybridized carbons (Fsp3) is 0.278. The van der Waals surface area contributed by atoms with E-state index in [1.165, 1.54) is 17.8 Å². The van der Waals surface area contributed by atoms with Crippen LogP contribution < -0.4 is 5.32 Å². The fourth-order valence-corrected chi connectivity index (χ4v) is 3.30. The van der Waals surface area contributed by atoms with E-state index < -0.39 is 0 Å². The second-order valence-corrected chi connectivity index (χ2v) is 6.26. The summed E-state index contributed by atoms with van der Waals surface area (Å²) in [5.41, 5.74) is 4.00. The van der Waals surface area contributed by atoms with E-state index in [4.69, 9.17) is 0 Å². The molecule has 0 radical (unpaired) electrons. The number of halogens is 1. The van der Waals surface area contributed by atoms with Crippen molar-refractivity contribution in [1.29, 1.82) is 0 Å². The highest BCUT2D eigenvalue weighted by Crippen LogP contribution is 2.29. The average molecular weight is 339 g/mol. The lowest BCUT2D eigenvalue weighted by Gasteiger charge is -2.23. The first kappa shape index (κ1) is 15.6. The molecule has 1 amide bonds. The number of nitrogens with zero attached hydrogens (tertiary/aromatic N) is 3. The van der Waals surface area contributed by atoms with E-state index in [1.54, 1.807) is 18.2 Å². The standard InChI is InChI=1S/C18H18FN5O/c1-24-17-4-2-3-14(13(17)10-20-24)21-18(25)16-9-15(22-23-16)11-5-7-12(19)8-6-11/h5-10,14H,2-4H2,1H3,(H,21,25)(H,22,23). The number of nitrogens with one attached hydrogen (secondary N) is 2. The largest absolute Gasteiger partial charge is 0.344 e. The van der Waals surface area contributed by atoms with Gasteiger partial charge in [0, 0.05) is 23.9 Å². The van der Waals surface area contributed by atoms with E-state index in [-0.39, 0.29) is 17.8 Å². The Balaban J connectivity index is 1.52. The molecule has 0 saturated heterocycles. The number of aryl methyl sites for hydroxylation is 1. The monoisotopic (exact) mass is 339 g/mol. The van der Waals surface area contributed by atoms with Crippen LogP contribution in [0.5, 0.6) is 0 Å². The molecule has 128 valence electrons. The van der Waals surface area contributed by atoms with E-state index in [0.29, 0.717) is 11.4 Å². The Morgan fingerprint density at radius 2 is 2.16 bits per heavy atom. The molecule has 0 bridgehead atoms. The van der Waals surface area contributed by atoms with Gasteiger partial charge in [0.25, 0.3) is 5.91 Å². The van der Waals surface area contributed by atoms with E-state index in [0.717, 1.165) is 30.4 Å². The maximum atomic E-state index is 13.0. The summed E-state index contributed by atoms with van der Waals surface area (Å²) in [6.45, 7) is 0. The Bertz CT molecular complexity index is 912. The van der Waals surface area contributed by atoms with Crippen molar-refractivity contribution in [2.24, 2.45) is 7.05 Å². The van der Waals surface area contributed by atoms with Crippen LogP contribution in [0, 0.1) is 5.82 Å². The van der Waals surface area contributed by atoms with Crippen LogP contribution in [0.25, 0.3) is 11.3 Å². The van der Waals surface area contributed by atoms with Crippen LogP contribution in [0.2, 0.25) is 0 Å². The summed E-state index contributed by atoms with van der Waals surface area (Å²) in [6.07, 6.45) is 4.72. The van der Waals surface area contributed by atoms with Gasteiger partial charge in [0.2, 0.25) is 0 Å². The number of fused-ring (bicyclic) bond motifs is 1. The minimum atomic E-state index is -0.304. The first-order valence-corrected chi connectivity index (χ1v) is 8.25. The lowest BCUT2D eigenvalue weighted by atomic mass is 9.93. The third-order valence-electron chi connectivity index (χ3n) is 4.64. The van der Waals surface area contributed by atoms with E-state index in [9.17, 15) is 9.18 Å². The molecule has 1 aromatic carbocycles. The second kappa shape index (κ2) is 6.16. The van der Waals surface area contributed by atoms with Crippen LogP contribution in [0.15, 0.2) is 36.5 Å². The van der Waals surface area contributed by atoms with Gasteiger partial charge in [0.15, 0.2) is 0 Å². The van der Waals surface area contributed by atoms with Crippen LogP contribution >= 0.6 is 0 Å².